The Morgan fingerprint density at radius 1 is 1.27 bits per heavy atom. The van der Waals surface area contributed by atoms with Crippen LogP contribution >= 0.6 is 0 Å². The molecule has 120 valence electrons. The number of amides is 1. The van der Waals surface area contributed by atoms with Crippen LogP contribution in [0, 0.1) is 12.8 Å². The molecular formula is C20H29NO. The first-order chi connectivity index (χ1) is 10.4. The number of rotatable bonds is 7. The molecule has 0 spiro atoms. The van der Waals surface area contributed by atoms with E-state index in [9.17, 15) is 4.79 Å². The number of carbonyl (C=O) groups is 1. The first-order valence-corrected chi connectivity index (χ1v) is 8.09. The van der Waals surface area contributed by atoms with Gasteiger partial charge in [-0.3, -0.25) is 4.79 Å². The highest BCUT2D eigenvalue weighted by Crippen LogP contribution is 2.28. The van der Waals surface area contributed by atoms with Crippen molar-refractivity contribution in [2.45, 2.75) is 53.4 Å². The van der Waals surface area contributed by atoms with Crippen molar-refractivity contribution in [3.05, 3.63) is 59.3 Å². The SMILES string of the molecule is C=C(CC)/C(=C\C)NC(=O)CC(c1ccc(C)cc1)C(C)C. The third-order valence-electron chi connectivity index (χ3n) is 4.09. The first kappa shape index (κ1) is 18.2. The molecule has 1 unspecified atom stereocenters. The van der Waals surface area contributed by atoms with Gasteiger partial charge in [-0.2, -0.15) is 0 Å². The lowest BCUT2D eigenvalue weighted by molar-refractivity contribution is -0.120. The molecule has 0 aromatic heterocycles. The summed E-state index contributed by atoms with van der Waals surface area (Å²) in [5.41, 5.74) is 4.28. The lowest BCUT2D eigenvalue weighted by Gasteiger charge is -2.22. The van der Waals surface area contributed by atoms with Gasteiger partial charge in [-0.1, -0.05) is 63.3 Å². The third kappa shape index (κ3) is 5.18. The molecule has 2 heteroatoms. The molecule has 0 heterocycles. The summed E-state index contributed by atoms with van der Waals surface area (Å²) in [6.07, 6.45) is 3.25. The molecule has 0 aliphatic carbocycles. The Balaban J connectivity index is 2.81. The minimum Gasteiger partial charge on any atom is -0.326 e. The maximum atomic E-state index is 12.4. The maximum absolute atomic E-state index is 12.4. The molecule has 0 aliphatic heterocycles. The van der Waals surface area contributed by atoms with Crippen molar-refractivity contribution in [2.75, 3.05) is 0 Å². The van der Waals surface area contributed by atoms with Gasteiger partial charge < -0.3 is 5.32 Å². The lowest BCUT2D eigenvalue weighted by atomic mass is 9.85. The summed E-state index contributed by atoms with van der Waals surface area (Å²) in [6, 6.07) is 8.49. The Hall–Kier alpha value is -1.83. The summed E-state index contributed by atoms with van der Waals surface area (Å²) in [6.45, 7) is 14.4. The summed E-state index contributed by atoms with van der Waals surface area (Å²) in [5, 5.41) is 3.01. The number of aryl methyl sites for hydroxylation is 1. The highest BCUT2D eigenvalue weighted by atomic mass is 16.1. The van der Waals surface area contributed by atoms with E-state index in [1.165, 1.54) is 11.1 Å². The van der Waals surface area contributed by atoms with Crippen LogP contribution < -0.4 is 5.32 Å². The second-order valence-corrected chi connectivity index (χ2v) is 6.17. The molecule has 1 aromatic rings. The Labute approximate surface area is 135 Å². The van der Waals surface area contributed by atoms with Crippen LogP contribution in [0.5, 0.6) is 0 Å². The Bertz CT molecular complexity index is 537. The lowest BCUT2D eigenvalue weighted by Crippen LogP contribution is -2.26. The van der Waals surface area contributed by atoms with Gasteiger partial charge >= 0.3 is 0 Å². The summed E-state index contributed by atoms with van der Waals surface area (Å²) in [7, 11) is 0. The molecule has 0 saturated carbocycles. The fraction of sp³-hybridized carbons (Fsp3) is 0.450. The molecule has 0 radical (unpaired) electrons. The number of allylic oxidation sites excluding steroid dienone is 2. The molecule has 0 bridgehead atoms. The van der Waals surface area contributed by atoms with E-state index in [1.54, 1.807) is 0 Å². The summed E-state index contributed by atoms with van der Waals surface area (Å²) in [5.74, 6) is 0.701. The fourth-order valence-electron chi connectivity index (χ4n) is 2.51. The summed E-state index contributed by atoms with van der Waals surface area (Å²) >= 11 is 0. The molecule has 0 saturated heterocycles. The van der Waals surface area contributed by atoms with Crippen LogP contribution in [-0.4, -0.2) is 5.91 Å². The van der Waals surface area contributed by atoms with Crippen LogP contribution in [0.4, 0.5) is 0 Å². The van der Waals surface area contributed by atoms with Crippen molar-refractivity contribution in [3.63, 3.8) is 0 Å². The average Bonchev–Trinajstić information content (AvgIpc) is 2.50. The smallest absolute Gasteiger partial charge is 0.224 e. The van der Waals surface area contributed by atoms with Crippen molar-refractivity contribution in [2.24, 2.45) is 5.92 Å². The second-order valence-electron chi connectivity index (χ2n) is 6.17. The summed E-state index contributed by atoms with van der Waals surface area (Å²) in [4.78, 5) is 12.4. The molecule has 1 N–H and O–H groups in total. The third-order valence-corrected chi connectivity index (χ3v) is 4.09. The van der Waals surface area contributed by atoms with Gasteiger partial charge in [-0.25, -0.2) is 0 Å². The van der Waals surface area contributed by atoms with Gasteiger partial charge in [0.15, 0.2) is 0 Å². The van der Waals surface area contributed by atoms with Crippen LogP contribution in [0.2, 0.25) is 0 Å². The van der Waals surface area contributed by atoms with Crippen LogP contribution in [-0.2, 0) is 4.79 Å². The Morgan fingerprint density at radius 3 is 2.32 bits per heavy atom. The average molecular weight is 299 g/mol. The van der Waals surface area contributed by atoms with Gasteiger partial charge in [0, 0.05) is 12.1 Å². The summed E-state index contributed by atoms with van der Waals surface area (Å²) < 4.78 is 0. The molecule has 0 aliphatic rings. The molecule has 1 atom stereocenters. The zero-order valence-electron chi connectivity index (χ0n) is 14.6. The van der Waals surface area contributed by atoms with Gasteiger partial charge in [0.2, 0.25) is 5.91 Å². The van der Waals surface area contributed by atoms with Crippen molar-refractivity contribution in [1.29, 1.82) is 0 Å². The van der Waals surface area contributed by atoms with Crippen LogP contribution in [0.15, 0.2) is 48.2 Å². The molecule has 22 heavy (non-hydrogen) atoms. The molecule has 1 amide bonds. The van der Waals surface area contributed by atoms with E-state index in [0.717, 1.165) is 17.7 Å². The predicted octanol–water partition coefficient (Wildman–Crippen LogP) is 5.11. The largest absolute Gasteiger partial charge is 0.326 e. The number of hydrogen-bond donors (Lipinski definition) is 1. The zero-order valence-corrected chi connectivity index (χ0v) is 14.6. The minimum atomic E-state index is 0.0574. The number of benzene rings is 1. The maximum Gasteiger partial charge on any atom is 0.224 e. The van der Waals surface area contributed by atoms with E-state index in [0.29, 0.717) is 12.3 Å². The quantitative estimate of drug-likeness (QED) is 0.696. The fourth-order valence-corrected chi connectivity index (χ4v) is 2.51. The molecule has 1 aromatic carbocycles. The van der Waals surface area contributed by atoms with Gasteiger partial charge in [0.25, 0.3) is 0 Å². The topological polar surface area (TPSA) is 29.1 Å². The van der Waals surface area contributed by atoms with Crippen molar-refractivity contribution < 1.29 is 4.79 Å². The molecule has 1 rings (SSSR count). The number of carbonyl (C=O) groups excluding carboxylic acids is 1. The van der Waals surface area contributed by atoms with Crippen molar-refractivity contribution >= 4 is 5.91 Å². The van der Waals surface area contributed by atoms with Crippen LogP contribution in [0.1, 0.15) is 57.6 Å². The number of nitrogens with one attached hydrogen (secondary N) is 1. The van der Waals surface area contributed by atoms with Crippen molar-refractivity contribution in [3.8, 4) is 0 Å². The Kier molecular flexibility index (Phi) is 7.10. The van der Waals surface area contributed by atoms with Crippen LogP contribution in [0.3, 0.4) is 0 Å². The predicted molar refractivity (Wildman–Crippen MR) is 94.7 cm³/mol. The van der Waals surface area contributed by atoms with E-state index in [4.69, 9.17) is 0 Å². The van der Waals surface area contributed by atoms with Gasteiger partial charge in [0.1, 0.15) is 0 Å². The molecule has 2 nitrogen and oxygen atoms in total. The highest BCUT2D eigenvalue weighted by molar-refractivity contribution is 5.79. The van der Waals surface area contributed by atoms with E-state index in [-0.39, 0.29) is 11.8 Å². The van der Waals surface area contributed by atoms with E-state index in [1.807, 2.05) is 19.9 Å². The number of hydrogen-bond acceptors (Lipinski definition) is 1. The normalized spacial score (nSPS) is 13.1. The van der Waals surface area contributed by atoms with E-state index >= 15 is 0 Å². The Morgan fingerprint density at radius 2 is 1.86 bits per heavy atom. The monoisotopic (exact) mass is 299 g/mol. The minimum absolute atomic E-state index is 0.0574. The molecule has 0 fully saturated rings. The van der Waals surface area contributed by atoms with Gasteiger partial charge in [-0.05, 0) is 43.2 Å². The van der Waals surface area contributed by atoms with E-state index < -0.39 is 0 Å². The van der Waals surface area contributed by atoms with Crippen LogP contribution in [0.25, 0.3) is 0 Å². The highest BCUT2D eigenvalue weighted by Gasteiger charge is 2.20. The van der Waals surface area contributed by atoms with Gasteiger partial charge in [-0.15, -0.1) is 0 Å². The second kappa shape index (κ2) is 8.57. The van der Waals surface area contributed by atoms with Crippen molar-refractivity contribution in [1.82, 2.24) is 5.32 Å². The van der Waals surface area contributed by atoms with E-state index in [2.05, 4.69) is 56.9 Å². The standard InChI is InChI=1S/C20H29NO/c1-7-16(6)19(8-2)21-20(22)13-18(14(3)4)17-11-9-15(5)10-12-17/h8-12,14,18H,6-7,13H2,1-5H3,(H,21,22)/b19-8+. The zero-order chi connectivity index (χ0) is 16.7. The van der Waals surface area contributed by atoms with Gasteiger partial charge in [0.05, 0.1) is 0 Å². The first-order valence-electron chi connectivity index (χ1n) is 8.09. The molecular weight excluding hydrogens is 270 g/mol.